The highest BCUT2D eigenvalue weighted by atomic mass is 32.2. The Hall–Kier alpha value is -2.26. The summed E-state index contributed by atoms with van der Waals surface area (Å²) in [7, 11) is -3.78. The summed E-state index contributed by atoms with van der Waals surface area (Å²) in [6, 6.07) is 15.9. The molecule has 2 atom stereocenters. The van der Waals surface area contributed by atoms with E-state index in [4.69, 9.17) is 0 Å². The SMILES string of the molecule is CC(C)c1ccc(C[C@@H](NCC(C)(C)CO)NC(=O)[C@@H]2CCCCN2S(=O)(=O)c2ccccc2)cc1. The van der Waals surface area contributed by atoms with Crippen molar-refractivity contribution >= 4 is 15.9 Å². The smallest absolute Gasteiger partial charge is 0.243 e. The van der Waals surface area contributed by atoms with Crippen LogP contribution in [0.5, 0.6) is 0 Å². The van der Waals surface area contributed by atoms with E-state index in [2.05, 4.69) is 48.7 Å². The minimum absolute atomic E-state index is 0.00940. The summed E-state index contributed by atoms with van der Waals surface area (Å²) in [4.78, 5) is 13.7. The molecule has 2 aromatic carbocycles. The number of nitrogens with one attached hydrogen (secondary N) is 2. The van der Waals surface area contributed by atoms with Gasteiger partial charge in [-0.2, -0.15) is 4.31 Å². The van der Waals surface area contributed by atoms with Crippen LogP contribution in [0.3, 0.4) is 0 Å². The van der Waals surface area contributed by atoms with Crippen LogP contribution in [0.15, 0.2) is 59.5 Å². The molecule has 0 aliphatic carbocycles. The first-order chi connectivity index (χ1) is 17.0. The molecule has 2 aromatic rings. The van der Waals surface area contributed by atoms with Crippen LogP contribution in [0.2, 0.25) is 0 Å². The van der Waals surface area contributed by atoms with Crippen molar-refractivity contribution in [3.63, 3.8) is 0 Å². The van der Waals surface area contributed by atoms with Gasteiger partial charge in [0.05, 0.1) is 11.1 Å². The van der Waals surface area contributed by atoms with Gasteiger partial charge < -0.3 is 10.4 Å². The van der Waals surface area contributed by atoms with Gasteiger partial charge >= 0.3 is 0 Å². The Morgan fingerprint density at radius 1 is 1.08 bits per heavy atom. The van der Waals surface area contributed by atoms with E-state index in [1.165, 1.54) is 9.87 Å². The number of hydrogen-bond donors (Lipinski definition) is 3. The van der Waals surface area contributed by atoms with E-state index in [1.807, 2.05) is 13.8 Å². The molecule has 1 aliphatic rings. The van der Waals surface area contributed by atoms with Crippen molar-refractivity contribution in [3.05, 3.63) is 65.7 Å². The molecule has 0 spiro atoms. The minimum Gasteiger partial charge on any atom is -0.396 e. The van der Waals surface area contributed by atoms with Crippen LogP contribution in [-0.2, 0) is 21.2 Å². The zero-order valence-corrected chi connectivity index (χ0v) is 22.7. The highest BCUT2D eigenvalue weighted by Crippen LogP contribution is 2.26. The van der Waals surface area contributed by atoms with E-state index in [1.54, 1.807) is 30.3 Å². The van der Waals surface area contributed by atoms with Crippen molar-refractivity contribution in [1.29, 1.82) is 0 Å². The maximum Gasteiger partial charge on any atom is 0.243 e. The van der Waals surface area contributed by atoms with Gasteiger partial charge in [-0.25, -0.2) is 8.42 Å². The summed E-state index contributed by atoms with van der Waals surface area (Å²) < 4.78 is 28.1. The van der Waals surface area contributed by atoms with Crippen molar-refractivity contribution in [2.45, 2.75) is 76.4 Å². The fourth-order valence-electron chi connectivity index (χ4n) is 4.35. The highest BCUT2D eigenvalue weighted by molar-refractivity contribution is 7.89. The molecular formula is C28H41N3O4S. The average molecular weight is 516 g/mol. The number of nitrogens with zero attached hydrogens (tertiary/aromatic N) is 1. The molecule has 0 aromatic heterocycles. The molecule has 0 saturated carbocycles. The van der Waals surface area contributed by atoms with E-state index in [0.717, 1.165) is 18.4 Å². The number of benzene rings is 2. The number of amides is 1. The summed E-state index contributed by atoms with van der Waals surface area (Å²) in [6.45, 7) is 9.02. The number of piperidine rings is 1. The molecule has 3 rings (SSSR count). The second-order valence-electron chi connectivity index (χ2n) is 10.8. The van der Waals surface area contributed by atoms with Crippen LogP contribution >= 0.6 is 0 Å². The predicted molar refractivity (Wildman–Crippen MR) is 143 cm³/mol. The van der Waals surface area contributed by atoms with E-state index >= 15 is 0 Å². The Labute approximate surface area is 216 Å². The van der Waals surface area contributed by atoms with Gasteiger partial charge in [0.15, 0.2) is 0 Å². The van der Waals surface area contributed by atoms with E-state index in [-0.39, 0.29) is 22.8 Å². The van der Waals surface area contributed by atoms with Gasteiger partial charge in [-0.15, -0.1) is 0 Å². The van der Waals surface area contributed by atoms with Gasteiger partial charge in [0, 0.05) is 31.5 Å². The fourth-order valence-corrected chi connectivity index (χ4v) is 6.03. The predicted octanol–water partition coefficient (Wildman–Crippen LogP) is 3.65. The Kier molecular flexibility index (Phi) is 9.69. The summed E-state index contributed by atoms with van der Waals surface area (Å²) in [5, 5.41) is 16.2. The third kappa shape index (κ3) is 7.38. The molecule has 8 heteroatoms. The Morgan fingerprint density at radius 2 is 1.75 bits per heavy atom. The van der Waals surface area contributed by atoms with Crippen LogP contribution in [0, 0.1) is 5.41 Å². The fraction of sp³-hybridized carbons (Fsp3) is 0.536. The van der Waals surface area contributed by atoms with Gasteiger partial charge in [-0.3, -0.25) is 10.1 Å². The van der Waals surface area contributed by atoms with Gasteiger partial charge in [0.1, 0.15) is 6.04 Å². The van der Waals surface area contributed by atoms with Gasteiger partial charge in [-0.1, -0.05) is 76.6 Å². The van der Waals surface area contributed by atoms with Crippen LogP contribution < -0.4 is 10.6 Å². The van der Waals surface area contributed by atoms with E-state index in [9.17, 15) is 18.3 Å². The van der Waals surface area contributed by atoms with Crippen molar-refractivity contribution in [1.82, 2.24) is 14.9 Å². The topological polar surface area (TPSA) is 98.7 Å². The number of aliphatic hydroxyl groups excluding tert-OH is 1. The standard InChI is InChI=1S/C28H41N3O4S/c1-21(2)23-15-13-22(14-16-23)18-26(29-19-28(3,4)20-32)30-27(33)25-12-8-9-17-31(25)36(34,35)24-10-6-5-7-11-24/h5-7,10-11,13-16,21,25-26,29,32H,8-9,12,17-20H2,1-4H3,(H,30,33)/t25-,26-/m0/s1. The van der Waals surface area contributed by atoms with Gasteiger partial charge in [0.2, 0.25) is 15.9 Å². The quantitative estimate of drug-likeness (QED) is 0.397. The van der Waals surface area contributed by atoms with Crippen molar-refractivity contribution in [2.75, 3.05) is 19.7 Å². The van der Waals surface area contributed by atoms with Crippen LogP contribution in [0.25, 0.3) is 0 Å². The Bertz CT molecular complexity index is 1090. The maximum absolute atomic E-state index is 13.5. The van der Waals surface area contributed by atoms with Crippen molar-refractivity contribution < 1.29 is 18.3 Å². The highest BCUT2D eigenvalue weighted by Gasteiger charge is 2.38. The summed E-state index contributed by atoms with van der Waals surface area (Å²) in [5.41, 5.74) is 1.95. The third-order valence-corrected chi connectivity index (χ3v) is 8.69. The first kappa shape index (κ1) is 28.3. The normalized spacial score (nSPS) is 18.2. The lowest BCUT2D eigenvalue weighted by atomic mass is 9.94. The lowest BCUT2D eigenvalue weighted by Crippen LogP contribution is -2.57. The molecule has 0 radical (unpaired) electrons. The molecule has 1 amide bonds. The largest absolute Gasteiger partial charge is 0.396 e. The number of sulfonamides is 1. The van der Waals surface area contributed by atoms with Crippen LogP contribution in [-0.4, -0.2) is 55.6 Å². The molecule has 1 aliphatic heterocycles. The molecule has 3 N–H and O–H groups in total. The molecule has 0 unspecified atom stereocenters. The van der Waals surface area contributed by atoms with Crippen molar-refractivity contribution in [3.8, 4) is 0 Å². The van der Waals surface area contributed by atoms with Crippen LogP contribution in [0.4, 0.5) is 0 Å². The van der Waals surface area contributed by atoms with Gasteiger partial charge in [0.25, 0.3) is 0 Å². The zero-order valence-electron chi connectivity index (χ0n) is 21.9. The van der Waals surface area contributed by atoms with Crippen LogP contribution in [0.1, 0.15) is 64.0 Å². The number of aliphatic hydroxyl groups is 1. The molecular weight excluding hydrogens is 474 g/mol. The molecule has 7 nitrogen and oxygen atoms in total. The monoisotopic (exact) mass is 515 g/mol. The summed E-state index contributed by atoms with van der Waals surface area (Å²) in [5.74, 6) is 0.134. The lowest BCUT2D eigenvalue weighted by Gasteiger charge is -2.35. The average Bonchev–Trinajstić information content (AvgIpc) is 2.88. The molecule has 1 heterocycles. The molecule has 1 saturated heterocycles. The van der Waals surface area contributed by atoms with E-state index < -0.39 is 22.2 Å². The van der Waals surface area contributed by atoms with E-state index in [0.29, 0.717) is 31.8 Å². The first-order valence-electron chi connectivity index (χ1n) is 12.8. The molecule has 198 valence electrons. The lowest BCUT2D eigenvalue weighted by molar-refractivity contribution is -0.126. The zero-order chi connectivity index (χ0) is 26.3. The maximum atomic E-state index is 13.5. The second-order valence-corrected chi connectivity index (χ2v) is 12.7. The number of rotatable bonds is 11. The Morgan fingerprint density at radius 3 is 2.36 bits per heavy atom. The number of hydrogen-bond acceptors (Lipinski definition) is 5. The molecule has 1 fully saturated rings. The number of carbonyl (C=O) groups is 1. The minimum atomic E-state index is -3.78. The second kappa shape index (κ2) is 12.3. The third-order valence-electron chi connectivity index (χ3n) is 6.76. The molecule has 36 heavy (non-hydrogen) atoms. The van der Waals surface area contributed by atoms with Crippen molar-refractivity contribution in [2.24, 2.45) is 5.41 Å². The van der Waals surface area contributed by atoms with Gasteiger partial charge in [-0.05, 0) is 42.0 Å². The number of carbonyl (C=O) groups excluding carboxylic acids is 1. The Balaban J connectivity index is 1.79. The summed E-state index contributed by atoms with van der Waals surface area (Å²) >= 11 is 0. The first-order valence-corrected chi connectivity index (χ1v) is 14.3. The molecule has 0 bridgehead atoms. The summed E-state index contributed by atoms with van der Waals surface area (Å²) in [6.07, 6.45) is 2.14.